The molecule has 5 heteroatoms. The highest BCUT2D eigenvalue weighted by Crippen LogP contribution is 2.44. The van der Waals surface area contributed by atoms with E-state index in [0.717, 1.165) is 13.0 Å². The molecule has 1 heterocycles. The Morgan fingerprint density at radius 3 is 2.24 bits per heavy atom. The van der Waals surface area contributed by atoms with Crippen LogP contribution in [0.2, 0.25) is 0 Å². The first-order valence-electron chi connectivity index (χ1n) is 10.4. The van der Waals surface area contributed by atoms with Gasteiger partial charge in [-0.05, 0) is 41.5 Å². The second kappa shape index (κ2) is 8.27. The Morgan fingerprint density at radius 1 is 1.03 bits per heavy atom. The van der Waals surface area contributed by atoms with Gasteiger partial charge in [-0.3, -0.25) is 4.79 Å². The highest BCUT2D eigenvalue weighted by molar-refractivity contribution is 5.79. The van der Waals surface area contributed by atoms with Gasteiger partial charge in [0.25, 0.3) is 0 Å². The van der Waals surface area contributed by atoms with Crippen LogP contribution in [0.1, 0.15) is 43.7 Å². The van der Waals surface area contributed by atoms with Crippen LogP contribution < -0.4 is 5.32 Å². The molecule has 2 aliphatic rings. The fourth-order valence-electron chi connectivity index (χ4n) is 4.71. The maximum atomic E-state index is 12.4. The maximum absolute atomic E-state index is 12.4. The van der Waals surface area contributed by atoms with Crippen molar-refractivity contribution in [2.45, 2.75) is 38.6 Å². The summed E-state index contributed by atoms with van der Waals surface area (Å²) in [7, 11) is 0. The molecule has 2 aromatic rings. The summed E-state index contributed by atoms with van der Waals surface area (Å²) in [4.78, 5) is 26.5. The lowest BCUT2D eigenvalue weighted by molar-refractivity contribution is -0.131. The number of hydrogen-bond donors (Lipinski definition) is 1. The lowest BCUT2D eigenvalue weighted by atomic mass is 9.98. The van der Waals surface area contributed by atoms with Crippen molar-refractivity contribution < 1.29 is 14.3 Å². The van der Waals surface area contributed by atoms with Crippen LogP contribution in [0.15, 0.2) is 48.5 Å². The SMILES string of the molecule is C[C@@H]1C[C@H](C)N(C(=O)CCNC(=O)OCC2c3ccccc3-c3ccccc32)C1. The lowest BCUT2D eigenvalue weighted by Gasteiger charge is -2.21. The minimum atomic E-state index is -0.470. The van der Waals surface area contributed by atoms with Gasteiger partial charge >= 0.3 is 6.09 Å². The molecule has 0 aromatic heterocycles. The first-order chi connectivity index (χ1) is 14.0. The standard InChI is InChI=1S/C24H28N2O3/c1-16-13-17(2)26(14-16)23(27)11-12-25-24(28)29-15-22-20-9-5-3-7-18(20)19-8-4-6-10-21(19)22/h3-10,16-17,22H,11-15H2,1-2H3,(H,25,28)/t16-,17+/m1/s1. The average molecular weight is 392 g/mol. The number of hydrogen-bond acceptors (Lipinski definition) is 3. The van der Waals surface area contributed by atoms with Crippen molar-refractivity contribution in [1.82, 2.24) is 10.2 Å². The second-order valence-electron chi connectivity index (χ2n) is 8.24. The molecule has 1 aliphatic heterocycles. The van der Waals surface area contributed by atoms with E-state index in [4.69, 9.17) is 4.74 Å². The number of alkyl carbamates (subject to hydrolysis) is 1. The molecule has 0 bridgehead atoms. The Kier molecular flexibility index (Phi) is 5.56. The number of ether oxygens (including phenoxy) is 1. The molecular weight excluding hydrogens is 364 g/mol. The highest BCUT2D eigenvalue weighted by atomic mass is 16.5. The Balaban J connectivity index is 1.29. The minimum Gasteiger partial charge on any atom is -0.449 e. The third-order valence-corrected chi connectivity index (χ3v) is 6.06. The molecule has 152 valence electrons. The van der Waals surface area contributed by atoms with E-state index in [1.165, 1.54) is 22.3 Å². The maximum Gasteiger partial charge on any atom is 0.407 e. The fourth-order valence-corrected chi connectivity index (χ4v) is 4.71. The highest BCUT2D eigenvalue weighted by Gasteiger charge is 2.30. The third kappa shape index (κ3) is 4.00. The number of rotatable bonds is 5. The number of benzene rings is 2. The number of carbonyl (C=O) groups excluding carboxylic acids is 2. The number of amides is 2. The van der Waals surface area contributed by atoms with Crippen molar-refractivity contribution in [2.24, 2.45) is 5.92 Å². The van der Waals surface area contributed by atoms with Crippen molar-refractivity contribution in [3.05, 3.63) is 59.7 Å². The van der Waals surface area contributed by atoms with Gasteiger partial charge in [-0.25, -0.2) is 4.79 Å². The number of fused-ring (bicyclic) bond motifs is 3. The minimum absolute atomic E-state index is 0.0433. The molecule has 0 saturated carbocycles. The number of carbonyl (C=O) groups is 2. The van der Waals surface area contributed by atoms with Crippen molar-refractivity contribution in [3.63, 3.8) is 0 Å². The summed E-state index contributed by atoms with van der Waals surface area (Å²) in [5, 5.41) is 2.73. The summed E-state index contributed by atoms with van der Waals surface area (Å²) >= 11 is 0. The molecule has 2 atom stereocenters. The average Bonchev–Trinajstić information content (AvgIpc) is 3.23. The van der Waals surface area contributed by atoms with Crippen LogP contribution in [-0.4, -0.2) is 42.6 Å². The normalized spacial score (nSPS) is 20.3. The fraction of sp³-hybridized carbons (Fsp3) is 0.417. The summed E-state index contributed by atoms with van der Waals surface area (Å²) in [5.74, 6) is 0.687. The van der Waals surface area contributed by atoms with E-state index in [1.807, 2.05) is 29.2 Å². The topological polar surface area (TPSA) is 58.6 Å². The zero-order chi connectivity index (χ0) is 20.4. The predicted octanol–water partition coefficient (Wildman–Crippen LogP) is 4.17. The molecule has 2 aromatic carbocycles. The van der Waals surface area contributed by atoms with Crippen LogP contribution in [0, 0.1) is 5.92 Å². The number of nitrogens with zero attached hydrogens (tertiary/aromatic N) is 1. The van der Waals surface area contributed by atoms with E-state index in [0.29, 0.717) is 18.9 Å². The molecular formula is C24H28N2O3. The predicted molar refractivity (Wildman–Crippen MR) is 113 cm³/mol. The van der Waals surface area contributed by atoms with E-state index in [9.17, 15) is 9.59 Å². The quantitative estimate of drug-likeness (QED) is 0.831. The molecule has 4 rings (SSSR count). The largest absolute Gasteiger partial charge is 0.449 e. The van der Waals surface area contributed by atoms with Crippen LogP contribution >= 0.6 is 0 Å². The molecule has 1 aliphatic carbocycles. The van der Waals surface area contributed by atoms with Crippen molar-refractivity contribution in [2.75, 3.05) is 19.7 Å². The molecule has 0 unspecified atom stereocenters. The molecule has 2 amide bonds. The molecule has 1 N–H and O–H groups in total. The number of nitrogens with one attached hydrogen (secondary N) is 1. The van der Waals surface area contributed by atoms with Crippen LogP contribution in [0.25, 0.3) is 11.1 Å². The van der Waals surface area contributed by atoms with E-state index >= 15 is 0 Å². The van der Waals surface area contributed by atoms with Gasteiger partial charge in [-0.15, -0.1) is 0 Å². The molecule has 0 radical (unpaired) electrons. The molecule has 1 fully saturated rings. The van der Waals surface area contributed by atoms with Crippen molar-refractivity contribution >= 4 is 12.0 Å². The van der Waals surface area contributed by atoms with E-state index in [-0.39, 0.29) is 24.5 Å². The summed E-state index contributed by atoms with van der Waals surface area (Å²) < 4.78 is 5.51. The lowest BCUT2D eigenvalue weighted by Crippen LogP contribution is -2.37. The Hall–Kier alpha value is -2.82. The van der Waals surface area contributed by atoms with Gasteiger partial charge in [-0.1, -0.05) is 55.5 Å². The summed E-state index contributed by atoms with van der Waals surface area (Å²) in [6.45, 7) is 5.64. The molecule has 29 heavy (non-hydrogen) atoms. The molecule has 5 nitrogen and oxygen atoms in total. The van der Waals surface area contributed by atoms with Gasteiger partial charge in [0.15, 0.2) is 0 Å². The smallest absolute Gasteiger partial charge is 0.407 e. The Bertz CT molecular complexity index is 865. The van der Waals surface area contributed by atoms with Crippen LogP contribution in [0.5, 0.6) is 0 Å². The van der Waals surface area contributed by atoms with Crippen LogP contribution in [0.3, 0.4) is 0 Å². The monoisotopic (exact) mass is 392 g/mol. The van der Waals surface area contributed by atoms with E-state index in [2.05, 4.69) is 43.4 Å². The first kappa shape index (κ1) is 19.5. The van der Waals surface area contributed by atoms with E-state index < -0.39 is 6.09 Å². The number of likely N-dealkylation sites (tertiary alicyclic amines) is 1. The summed E-state index contributed by atoms with van der Waals surface area (Å²) in [6.07, 6.45) is 0.884. The zero-order valence-corrected chi connectivity index (χ0v) is 17.1. The molecule has 0 spiro atoms. The third-order valence-electron chi connectivity index (χ3n) is 6.06. The zero-order valence-electron chi connectivity index (χ0n) is 17.1. The Morgan fingerprint density at radius 2 is 1.66 bits per heavy atom. The second-order valence-corrected chi connectivity index (χ2v) is 8.24. The van der Waals surface area contributed by atoms with Gasteiger partial charge < -0.3 is 15.0 Å². The first-order valence-corrected chi connectivity index (χ1v) is 10.4. The van der Waals surface area contributed by atoms with Crippen molar-refractivity contribution in [1.29, 1.82) is 0 Å². The summed E-state index contributed by atoms with van der Waals surface area (Å²) in [5.41, 5.74) is 4.79. The van der Waals surface area contributed by atoms with Gasteiger partial charge in [0, 0.05) is 31.5 Å². The van der Waals surface area contributed by atoms with Gasteiger partial charge in [-0.2, -0.15) is 0 Å². The van der Waals surface area contributed by atoms with Crippen LogP contribution in [0.4, 0.5) is 4.79 Å². The van der Waals surface area contributed by atoms with Gasteiger partial charge in [0.05, 0.1) is 0 Å². The van der Waals surface area contributed by atoms with Gasteiger partial charge in [0.1, 0.15) is 6.61 Å². The van der Waals surface area contributed by atoms with Crippen molar-refractivity contribution in [3.8, 4) is 11.1 Å². The molecule has 1 saturated heterocycles. The van der Waals surface area contributed by atoms with E-state index in [1.54, 1.807) is 0 Å². The van der Waals surface area contributed by atoms with Gasteiger partial charge in [0.2, 0.25) is 5.91 Å². The Labute approximate surface area is 172 Å². The van der Waals surface area contributed by atoms with Crippen LogP contribution in [-0.2, 0) is 9.53 Å². The summed E-state index contributed by atoms with van der Waals surface area (Å²) in [6, 6.07) is 16.8.